The van der Waals surface area contributed by atoms with Crippen LogP contribution in [0.3, 0.4) is 0 Å². The third kappa shape index (κ3) is 2.66. The van der Waals surface area contributed by atoms with E-state index in [1.54, 1.807) is 17.5 Å². The molecule has 3 heterocycles. The van der Waals surface area contributed by atoms with Gasteiger partial charge in [-0.25, -0.2) is 4.98 Å². The standard InChI is InChI=1S/C14H16N4S/c1-2-3-4-5-13-16-17-14(19-13)11-6-7-12-15-8-9-18(12)10-11/h6-10H,2-5H2,1H3. The molecule has 19 heavy (non-hydrogen) atoms. The molecule has 3 aromatic rings. The topological polar surface area (TPSA) is 43.1 Å². The van der Waals surface area contributed by atoms with Gasteiger partial charge in [-0.05, 0) is 18.6 Å². The van der Waals surface area contributed by atoms with Crippen molar-refractivity contribution in [3.63, 3.8) is 0 Å². The minimum absolute atomic E-state index is 0.955. The fourth-order valence-corrected chi connectivity index (χ4v) is 2.92. The summed E-state index contributed by atoms with van der Waals surface area (Å²) < 4.78 is 2.01. The summed E-state index contributed by atoms with van der Waals surface area (Å²) in [6.07, 6.45) is 10.5. The van der Waals surface area contributed by atoms with Crippen LogP contribution in [0.4, 0.5) is 0 Å². The van der Waals surface area contributed by atoms with Gasteiger partial charge < -0.3 is 4.40 Å². The number of aryl methyl sites for hydroxylation is 1. The molecular formula is C14H16N4S. The molecule has 0 aliphatic heterocycles. The molecule has 0 radical (unpaired) electrons. The van der Waals surface area contributed by atoms with Crippen LogP contribution in [0.15, 0.2) is 30.7 Å². The van der Waals surface area contributed by atoms with E-state index in [4.69, 9.17) is 0 Å². The quantitative estimate of drug-likeness (QED) is 0.667. The van der Waals surface area contributed by atoms with E-state index in [1.807, 2.05) is 16.7 Å². The SMILES string of the molecule is CCCCCc1nnc(-c2ccc3nccn3c2)s1. The highest BCUT2D eigenvalue weighted by Crippen LogP contribution is 2.24. The molecule has 98 valence electrons. The number of hydrogen-bond donors (Lipinski definition) is 0. The molecule has 0 bridgehead atoms. The van der Waals surface area contributed by atoms with Gasteiger partial charge in [0.15, 0.2) is 0 Å². The number of hydrogen-bond acceptors (Lipinski definition) is 4. The van der Waals surface area contributed by atoms with Gasteiger partial charge in [0.1, 0.15) is 15.7 Å². The number of unbranched alkanes of at least 4 members (excludes halogenated alkanes) is 2. The van der Waals surface area contributed by atoms with Crippen LogP contribution in [0.2, 0.25) is 0 Å². The number of nitrogens with zero attached hydrogens (tertiary/aromatic N) is 4. The lowest BCUT2D eigenvalue weighted by atomic mass is 10.2. The van der Waals surface area contributed by atoms with Crippen LogP contribution in [-0.2, 0) is 6.42 Å². The second-order valence-corrected chi connectivity index (χ2v) is 5.63. The molecule has 4 nitrogen and oxygen atoms in total. The van der Waals surface area contributed by atoms with Crippen LogP contribution in [0.1, 0.15) is 31.2 Å². The van der Waals surface area contributed by atoms with E-state index in [-0.39, 0.29) is 0 Å². The van der Waals surface area contributed by atoms with Crippen LogP contribution < -0.4 is 0 Å². The molecule has 5 heteroatoms. The number of pyridine rings is 1. The van der Waals surface area contributed by atoms with Crippen molar-refractivity contribution in [2.24, 2.45) is 0 Å². The van der Waals surface area contributed by atoms with Crippen molar-refractivity contribution in [1.82, 2.24) is 19.6 Å². The minimum Gasteiger partial charge on any atom is -0.306 e. The number of fused-ring (bicyclic) bond motifs is 1. The molecule has 3 aromatic heterocycles. The summed E-state index contributed by atoms with van der Waals surface area (Å²) in [5.41, 5.74) is 2.06. The Labute approximate surface area is 116 Å². The zero-order chi connectivity index (χ0) is 13.1. The first-order valence-electron chi connectivity index (χ1n) is 6.62. The average Bonchev–Trinajstić information content (AvgIpc) is 3.06. The molecule has 0 fully saturated rings. The van der Waals surface area contributed by atoms with Crippen LogP contribution >= 0.6 is 11.3 Å². The first-order valence-corrected chi connectivity index (χ1v) is 7.44. The molecule has 0 atom stereocenters. The second-order valence-electron chi connectivity index (χ2n) is 4.57. The van der Waals surface area contributed by atoms with Gasteiger partial charge >= 0.3 is 0 Å². The Morgan fingerprint density at radius 1 is 1.21 bits per heavy atom. The molecule has 0 saturated heterocycles. The molecule has 0 aliphatic rings. The van der Waals surface area contributed by atoms with E-state index in [0.717, 1.165) is 27.6 Å². The highest BCUT2D eigenvalue weighted by atomic mass is 32.1. The molecule has 0 spiro atoms. The van der Waals surface area contributed by atoms with E-state index in [1.165, 1.54) is 19.3 Å². The molecule has 0 unspecified atom stereocenters. The van der Waals surface area contributed by atoms with Crippen molar-refractivity contribution in [3.05, 3.63) is 35.7 Å². The van der Waals surface area contributed by atoms with Crippen molar-refractivity contribution in [1.29, 1.82) is 0 Å². The minimum atomic E-state index is 0.955. The Kier molecular flexibility index (Phi) is 3.55. The van der Waals surface area contributed by atoms with Gasteiger partial charge in [0, 0.05) is 30.6 Å². The number of imidazole rings is 1. The third-order valence-electron chi connectivity index (χ3n) is 3.10. The highest BCUT2D eigenvalue weighted by molar-refractivity contribution is 7.14. The van der Waals surface area contributed by atoms with Crippen LogP contribution in [-0.4, -0.2) is 19.6 Å². The van der Waals surface area contributed by atoms with Gasteiger partial charge in [-0.15, -0.1) is 10.2 Å². The van der Waals surface area contributed by atoms with Gasteiger partial charge in [0.2, 0.25) is 0 Å². The lowest BCUT2D eigenvalue weighted by Crippen LogP contribution is -1.85. The van der Waals surface area contributed by atoms with Gasteiger partial charge in [0.05, 0.1) is 0 Å². The highest BCUT2D eigenvalue weighted by Gasteiger charge is 2.07. The molecule has 0 aliphatic carbocycles. The first-order chi connectivity index (χ1) is 9.36. The van der Waals surface area contributed by atoms with Crippen molar-refractivity contribution >= 4 is 17.0 Å². The van der Waals surface area contributed by atoms with Crippen molar-refractivity contribution in [2.45, 2.75) is 32.6 Å². The Hall–Kier alpha value is -1.75. The van der Waals surface area contributed by atoms with Gasteiger partial charge in [-0.2, -0.15) is 0 Å². The van der Waals surface area contributed by atoms with Crippen LogP contribution in [0.25, 0.3) is 16.2 Å². The Balaban J connectivity index is 1.81. The Morgan fingerprint density at radius 2 is 2.16 bits per heavy atom. The van der Waals surface area contributed by atoms with E-state index in [2.05, 4.69) is 34.4 Å². The summed E-state index contributed by atoms with van der Waals surface area (Å²) in [5, 5.41) is 10.7. The lowest BCUT2D eigenvalue weighted by Gasteiger charge is -1.97. The maximum absolute atomic E-state index is 4.29. The smallest absolute Gasteiger partial charge is 0.149 e. The second kappa shape index (κ2) is 5.48. The van der Waals surface area contributed by atoms with Crippen molar-refractivity contribution in [2.75, 3.05) is 0 Å². The van der Waals surface area contributed by atoms with Crippen molar-refractivity contribution in [3.8, 4) is 10.6 Å². The Bertz CT molecular complexity index is 671. The summed E-state index contributed by atoms with van der Waals surface area (Å²) in [7, 11) is 0. The van der Waals surface area contributed by atoms with E-state index < -0.39 is 0 Å². The number of rotatable bonds is 5. The monoisotopic (exact) mass is 272 g/mol. The molecule has 0 amide bonds. The summed E-state index contributed by atoms with van der Waals surface area (Å²) in [6.45, 7) is 2.21. The molecular weight excluding hydrogens is 256 g/mol. The predicted molar refractivity (Wildman–Crippen MR) is 77.3 cm³/mol. The van der Waals surface area contributed by atoms with Crippen LogP contribution in [0, 0.1) is 0 Å². The maximum atomic E-state index is 4.29. The lowest BCUT2D eigenvalue weighted by molar-refractivity contribution is 0.710. The van der Waals surface area contributed by atoms with E-state index in [9.17, 15) is 0 Å². The summed E-state index contributed by atoms with van der Waals surface area (Å²) in [5.74, 6) is 0. The normalized spacial score (nSPS) is 11.2. The third-order valence-corrected chi connectivity index (χ3v) is 4.13. The summed E-state index contributed by atoms with van der Waals surface area (Å²) in [6, 6.07) is 4.06. The van der Waals surface area contributed by atoms with Gasteiger partial charge in [0.25, 0.3) is 0 Å². The van der Waals surface area contributed by atoms with Gasteiger partial charge in [-0.3, -0.25) is 0 Å². The van der Waals surface area contributed by atoms with E-state index in [0.29, 0.717) is 0 Å². The Morgan fingerprint density at radius 3 is 3.05 bits per heavy atom. The van der Waals surface area contributed by atoms with E-state index >= 15 is 0 Å². The first kappa shape index (κ1) is 12.3. The zero-order valence-electron chi connectivity index (χ0n) is 10.9. The largest absolute Gasteiger partial charge is 0.306 e. The molecule has 0 aromatic carbocycles. The maximum Gasteiger partial charge on any atom is 0.149 e. The molecule has 3 rings (SSSR count). The fourth-order valence-electron chi connectivity index (χ4n) is 2.04. The zero-order valence-corrected chi connectivity index (χ0v) is 11.7. The molecule has 0 N–H and O–H groups in total. The van der Waals surface area contributed by atoms with Crippen LogP contribution in [0.5, 0.6) is 0 Å². The number of aromatic nitrogens is 4. The average molecular weight is 272 g/mol. The fraction of sp³-hybridized carbons (Fsp3) is 0.357. The van der Waals surface area contributed by atoms with Gasteiger partial charge in [-0.1, -0.05) is 31.1 Å². The van der Waals surface area contributed by atoms with Crippen molar-refractivity contribution < 1.29 is 0 Å². The summed E-state index contributed by atoms with van der Waals surface area (Å²) in [4.78, 5) is 4.24. The summed E-state index contributed by atoms with van der Waals surface area (Å²) >= 11 is 1.69. The predicted octanol–water partition coefficient (Wildman–Crippen LogP) is 3.59. The molecule has 0 saturated carbocycles.